The number of carboxylic acid groups (broad SMARTS) is 1. The molecule has 0 bridgehead atoms. The highest BCUT2D eigenvalue weighted by Gasteiger charge is 2.34. The lowest BCUT2D eigenvalue weighted by molar-refractivity contribution is -0.384. The first kappa shape index (κ1) is 18.5. The van der Waals surface area contributed by atoms with Crippen molar-refractivity contribution in [2.45, 2.75) is 19.8 Å². The normalized spacial score (nSPS) is 16.9. The average Bonchev–Trinajstić information content (AvgIpc) is 2.61. The van der Waals surface area contributed by atoms with Crippen LogP contribution in [0.4, 0.5) is 5.69 Å². The number of rotatable bonds is 4. The maximum Gasteiger partial charge on any atom is 0.334 e. The van der Waals surface area contributed by atoms with Crippen LogP contribution in [0.25, 0.3) is 5.57 Å². The maximum absolute atomic E-state index is 12.0. The van der Waals surface area contributed by atoms with Gasteiger partial charge in [0.05, 0.1) is 10.5 Å². The molecule has 2 heterocycles. The molecule has 3 N–H and O–H groups in total. The van der Waals surface area contributed by atoms with E-state index < -0.39 is 16.8 Å². The number of non-ortho nitro benzene ring substituents is 1. The molecule has 27 heavy (non-hydrogen) atoms. The molecule has 138 valence electrons. The Bertz CT molecular complexity index is 1070. The van der Waals surface area contributed by atoms with E-state index in [4.69, 9.17) is 12.2 Å². The molecule has 0 saturated carbocycles. The van der Waals surface area contributed by atoms with Crippen LogP contribution in [-0.4, -0.2) is 21.0 Å². The van der Waals surface area contributed by atoms with Gasteiger partial charge in [0.2, 0.25) is 0 Å². The number of benzene rings is 1. The fourth-order valence-electron chi connectivity index (χ4n) is 3.42. The molecule has 0 aliphatic carbocycles. The van der Waals surface area contributed by atoms with E-state index in [1.54, 1.807) is 31.3 Å². The summed E-state index contributed by atoms with van der Waals surface area (Å²) in [5.74, 6) is -1.78. The number of H-pyrrole nitrogens is 1. The number of nitro benzene ring substituents is 1. The molecule has 8 heteroatoms. The zero-order valence-electron chi connectivity index (χ0n) is 14.6. The number of nitrogens with zero attached hydrogens (tertiary/aromatic N) is 1. The molecule has 0 radical (unpaired) electrons. The third-order valence-corrected chi connectivity index (χ3v) is 4.85. The fourth-order valence-corrected chi connectivity index (χ4v) is 3.67. The first-order valence-corrected chi connectivity index (χ1v) is 8.56. The van der Waals surface area contributed by atoms with Crippen LogP contribution in [0.5, 0.6) is 0 Å². The molecular weight excluding hydrogens is 366 g/mol. The molecule has 0 saturated heterocycles. The first-order chi connectivity index (χ1) is 12.8. The second-order valence-corrected chi connectivity index (χ2v) is 6.61. The minimum absolute atomic E-state index is 0.0938. The van der Waals surface area contributed by atoms with Gasteiger partial charge in [-0.05, 0) is 31.1 Å². The number of hydrogen-bond acceptors (Lipinski definition) is 5. The van der Waals surface area contributed by atoms with Crippen molar-refractivity contribution in [1.82, 2.24) is 10.3 Å². The van der Waals surface area contributed by atoms with Gasteiger partial charge in [0.15, 0.2) is 0 Å². The highest BCUT2D eigenvalue weighted by atomic mass is 32.1. The van der Waals surface area contributed by atoms with Gasteiger partial charge in [-0.3, -0.25) is 10.1 Å². The zero-order valence-corrected chi connectivity index (χ0v) is 15.5. The molecule has 0 amide bonds. The van der Waals surface area contributed by atoms with E-state index in [0.29, 0.717) is 27.0 Å². The van der Waals surface area contributed by atoms with Crippen molar-refractivity contribution >= 4 is 29.4 Å². The fraction of sp³-hybridized carbons (Fsp3) is 0.158. The van der Waals surface area contributed by atoms with E-state index in [9.17, 15) is 20.0 Å². The second kappa shape index (κ2) is 7.16. The number of carboxylic acids is 1. The van der Waals surface area contributed by atoms with Crippen molar-refractivity contribution < 1.29 is 14.8 Å². The first-order valence-electron chi connectivity index (χ1n) is 8.15. The van der Waals surface area contributed by atoms with Gasteiger partial charge in [0.1, 0.15) is 4.64 Å². The van der Waals surface area contributed by atoms with Crippen molar-refractivity contribution in [1.29, 1.82) is 0 Å². The van der Waals surface area contributed by atoms with Crippen LogP contribution >= 0.6 is 12.2 Å². The van der Waals surface area contributed by atoms with E-state index >= 15 is 0 Å². The van der Waals surface area contributed by atoms with Gasteiger partial charge in [-0.2, -0.15) is 0 Å². The minimum Gasteiger partial charge on any atom is -0.478 e. The largest absolute Gasteiger partial charge is 0.478 e. The predicted molar refractivity (Wildman–Crippen MR) is 104 cm³/mol. The summed E-state index contributed by atoms with van der Waals surface area (Å²) in [6, 6.07) is 9.64. The number of dihydropyridines is 1. The molecule has 0 fully saturated rings. The molecule has 1 aliphatic heterocycles. The Hall–Kier alpha value is -3.26. The number of nitrogens with one attached hydrogen (secondary N) is 2. The van der Waals surface area contributed by atoms with Crippen LogP contribution in [0.3, 0.4) is 0 Å². The SMILES string of the molecule is CC1=C(C(=O)O)C(c2cccc([N+](=O)[O-])c2)C(c2ccc[nH]c2=S)=C(C)N1. The highest BCUT2D eigenvalue weighted by molar-refractivity contribution is 7.71. The lowest BCUT2D eigenvalue weighted by Crippen LogP contribution is -2.27. The Kier molecular flexibility index (Phi) is 4.91. The quantitative estimate of drug-likeness (QED) is 0.416. The molecule has 1 aliphatic rings. The summed E-state index contributed by atoms with van der Waals surface area (Å²) in [7, 11) is 0. The summed E-state index contributed by atoms with van der Waals surface area (Å²) in [6.07, 6.45) is 1.69. The van der Waals surface area contributed by atoms with Crippen LogP contribution in [-0.2, 0) is 4.79 Å². The van der Waals surface area contributed by atoms with Crippen LogP contribution in [0.1, 0.15) is 30.9 Å². The Balaban J connectivity index is 2.31. The van der Waals surface area contributed by atoms with Crippen LogP contribution in [0.15, 0.2) is 59.6 Å². The topological polar surface area (TPSA) is 108 Å². The Morgan fingerprint density at radius 2 is 1.96 bits per heavy atom. The summed E-state index contributed by atoms with van der Waals surface area (Å²) in [6.45, 7) is 3.52. The lowest BCUT2D eigenvalue weighted by Gasteiger charge is -2.31. The number of allylic oxidation sites excluding steroid dienone is 3. The van der Waals surface area contributed by atoms with Gasteiger partial charge in [-0.25, -0.2) is 4.79 Å². The van der Waals surface area contributed by atoms with Crippen LogP contribution in [0.2, 0.25) is 0 Å². The highest BCUT2D eigenvalue weighted by Crippen LogP contribution is 2.44. The number of hydrogen-bond donors (Lipinski definition) is 3. The summed E-state index contributed by atoms with van der Waals surface area (Å²) in [5.41, 5.74) is 3.17. The molecule has 2 aromatic rings. The standard InChI is InChI=1S/C19H17N3O4S/c1-10-15(14-7-4-8-20-18(14)27)17(16(19(23)24)11(2)21-10)12-5-3-6-13(9-12)22(25)26/h3-9,17,21H,1-2H3,(H,20,27)(H,23,24). The Morgan fingerprint density at radius 3 is 2.59 bits per heavy atom. The maximum atomic E-state index is 12.0. The van der Waals surface area contributed by atoms with E-state index in [1.165, 1.54) is 12.1 Å². The van der Waals surface area contributed by atoms with E-state index in [0.717, 1.165) is 5.70 Å². The molecule has 0 spiro atoms. The van der Waals surface area contributed by atoms with E-state index in [2.05, 4.69) is 10.3 Å². The van der Waals surface area contributed by atoms with Crippen molar-refractivity contribution in [3.63, 3.8) is 0 Å². The summed E-state index contributed by atoms with van der Waals surface area (Å²) < 4.78 is 0.466. The summed E-state index contributed by atoms with van der Waals surface area (Å²) >= 11 is 5.40. The molecular formula is C19H17N3O4S. The van der Waals surface area contributed by atoms with Gasteiger partial charge in [-0.15, -0.1) is 0 Å². The predicted octanol–water partition coefficient (Wildman–Crippen LogP) is 4.13. The number of aromatic amines is 1. The molecule has 3 rings (SSSR count). The van der Waals surface area contributed by atoms with Gasteiger partial charge < -0.3 is 15.4 Å². The van der Waals surface area contributed by atoms with E-state index in [1.807, 2.05) is 13.0 Å². The second-order valence-electron chi connectivity index (χ2n) is 6.21. The molecule has 1 atom stereocenters. The minimum atomic E-state index is -1.09. The van der Waals surface area contributed by atoms with E-state index in [-0.39, 0.29) is 11.3 Å². The molecule has 1 aromatic carbocycles. The Morgan fingerprint density at radius 1 is 1.22 bits per heavy atom. The van der Waals surface area contributed by atoms with Crippen LogP contribution in [0, 0.1) is 14.8 Å². The summed E-state index contributed by atoms with van der Waals surface area (Å²) in [5, 5.41) is 24.2. The summed E-state index contributed by atoms with van der Waals surface area (Å²) in [4.78, 5) is 25.7. The molecule has 1 unspecified atom stereocenters. The zero-order chi connectivity index (χ0) is 19.7. The van der Waals surface area contributed by atoms with Gasteiger partial charge in [0, 0.05) is 41.2 Å². The molecule has 7 nitrogen and oxygen atoms in total. The molecule has 1 aromatic heterocycles. The van der Waals surface area contributed by atoms with Crippen molar-refractivity contribution in [2.75, 3.05) is 0 Å². The Labute approximate surface area is 160 Å². The number of nitro groups is 1. The smallest absolute Gasteiger partial charge is 0.334 e. The van der Waals surface area contributed by atoms with Crippen LogP contribution < -0.4 is 5.32 Å². The van der Waals surface area contributed by atoms with Gasteiger partial charge >= 0.3 is 5.97 Å². The monoisotopic (exact) mass is 383 g/mol. The third-order valence-electron chi connectivity index (χ3n) is 4.51. The van der Waals surface area contributed by atoms with Crippen molar-refractivity contribution in [3.8, 4) is 0 Å². The number of aliphatic carboxylic acids is 1. The number of carbonyl (C=O) groups is 1. The van der Waals surface area contributed by atoms with Gasteiger partial charge in [-0.1, -0.05) is 30.4 Å². The number of pyridine rings is 1. The van der Waals surface area contributed by atoms with Crippen molar-refractivity contribution in [2.24, 2.45) is 0 Å². The lowest BCUT2D eigenvalue weighted by atomic mass is 9.78. The third kappa shape index (κ3) is 3.39. The number of aromatic nitrogens is 1. The van der Waals surface area contributed by atoms with Gasteiger partial charge in [0.25, 0.3) is 5.69 Å². The average molecular weight is 383 g/mol. The van der Waals surface area contributed by atoms with Crippen molar-refractivity contribution in [3.05, 3.63) is 85.4 Å².